The zero-order valence-corrected chi connectivity index (χ0v) is 11.9. The van der Waals surface area contributed by atoms with E-state index in [1.54, 1.807) is 0 Å². The highest BCUT2D eigenvalue weighted by Gasteiger charge is 2.30. The first-order valence-corrected chi connectivity index (χ1v) is 7.00. The molecule has 5 nitrogen and oxygen atoms in total. The standard InChI is InChI=1S/C15H20N4O/c1-15(2)10-16-7-8-19(15)9-13-14(20)18-12-6-4-3-5-11(12)17-13/h3-6,16H,7-10H2,1-2H3,(H,18,20). The molecular weight excluding hydrogens is 252 g/mol. The number of hydrogen-bond donors (Lipinski definition) is 2. The van der Waals surface area contributed by atoms with Crippen LogP contribution in [0.1, 0.15) is 19.5 Å². The molecule has 0 unspecified atom stereocenters. The van der Waals surface area contributed by atoms with Crippen LogP contribution in [0.25, 0.3) is 11.0 Å². The molecule has 0 spiro atoms. The highest BCUT2D eigenvalue weighted by atomic mass is 16.1. The van der Waals surface area contributed by atoms with Gasteiger partial charge in [0.1, 0.15) is 5.69 Å². The quantitative estimate of drug-likeness (QED) is 0.859. The Morgan fingerprint density at radius 3 is 2.95 bits per heavy atom. The summed E-state index contributed by atoms with van der Waals surface area (Å²) in [6.45, 7) is 7.78. The van der Waals surface area contributed by atoms with Crippen molar-refractivity contribution in [1.82, 2.24) is 20.2 Å². The molecule has 0 aliphatic carbocycles. The maximum Gasteiger partial charge on any atom is 0.271 e. The fraction of sp³-hybridized carbons (Fsp3) is 0.467. The van der Waals surface area contributed by atoms with Crippen molar-refractivity contribution in [2.75, 3.05) is 19.6 Å². The third-order valence-corrected chi connectivity index (χ3v) is 3.98. The molecule has 3 rings (SSSR count). The van der Waals surface area contributed by atoms with E-state index >= 15 is 0 Å². The van der Waals surface area contributed by atoms with Crippen molar-refractivity contribution in [3.05, 3.63) is 40.3 Å². The number of H-pyrrole nitrogens is 1. The molecule has 2 N–H and O–H groups in total. The minimum Gasteiger partial charge on any atom is -0.319 e. The largest absolute Gasteiger partial charge is 0.319 e. The second kappa shape index (κ2) is 5.00. The van der Waals surface area contributed by atoms with Crippen LogP contribution in [0, 0.1) is 0 Å². The summed E-state index contributed by atoms with van der Waals surface area (Å²) in [7, 11) is 0. The maximum absolute atomic E-state index is 12.2. The Labute approximate surface area is 118 Å². The summed E-state index contributed by atoms with van der Waals surface area (Å²) in [5, 5.41) is 3.39. The van der Waals surface area contributed by atoms with Crippen LogP contribution >= 0.6 is 0 Å². The highest BCUT2D eigenvalue weighted by Crippen LogP contribution is 2.18. The Balaban J connectivity index is 1.94. The van der Waals surface area contributed by atoms with E-state index in [9.17, 15) is 4.79 Å². The van der Waals surface area contributed by atoms with Gasteiger partial charge in [-0.25, -0.2) is 4.98 Å². The molecule has 0 saturated carbocycles. The molecule has 1 aromatic heterocycles. The first kappa shape index (κ1) is 13.3. The SMILES string of the molecule is CC1(C)CNCCN1Cc1nc2ccccc2[nH]c1=O. The van der Waals surface area contributed by atoms with E-state index in [-0.39, 0.29) is 11.1 Å². The summed E-state index contributed by atoms with van der Waals surface area (Å²) in [4.78, 5) is 21.9. The number of benzene rings is 1. The normalized spacial score (nSPS) is 19.3. The predicted molar refractivity (Wildman–Crippen MR) is 79.7 cm³/mol. The van der Waals surface area contributed by atoms with Crippen LogP contribution in [0.2, 0.25) is 0 Å². The average Bonchev–Trinajstić information content (AvgIpc) is 2.41. The van der Waals surface area contributed by atoms with Crippen LogP contribution in [-0.4, -0.2) is 40.0 Å². The summed E-state index contributed by atoms with van der Waals surface area (Å²) in [6, 6.07) is 7.64. The third kappa shape index (κ3) is 2.46. The molecule has 1 aromatic carbocycles. The van der Waals surface area contributed by atoms with E-state index < -0.39 is 0 Å². The molecule has 0 radical (unpaired) electrons. The van der Waals surface area contributed by atoms with E-state index in [4.69, 9.17) is 0 Å². The fourth-order valence-corrected chi connectivity index (χ4v) is 2.67. The number of nitrogens with zero attached hydrogens (tertiary/aromatic N) is 2. The fourth-order valence-electron chi connectivity index (χ4n) is 2.67. The van der Waals surface area contributed by atoms with Crippen LogP contribution in [0.5, 0.6) is 0 Å². The lowest BCUT2D eigenvalue weighted by atomic mass is 10.00. The lowest BCUT2D eigenvalue weighted by molar-refractivity contribution is 0.0810. The minimum atomic E-state index is -0.0852. The molecule has 106 valence electrons. The van der Waals surface area contributed by atoms with Gasteiger partial charge < -0.3 is 10.3 Å². The molecule has 0 bridgehead atoms. The summed E-state index contributed by atoms with van der Waals surface area (Å²) in [5.41, 5.74) is 2.19. The van der Waals surface area contributed by atoms with E-state index in [0.717, 1.165) is 30.7 Å². The van der Waals surface area contributed by atoms with Gasteiger partial charge in [-0.3, -0.25) is 9.69 Å². The number of nitrogens with one attached hydrogen (secondary N) is 2. The number of fused-ring (bicyclic) bond motifs is 1. The molecule has 1 aliphatic heterocycles. The highest BCUT2D eigenvalue weighted by molar-refractivity contribution is 5.73. The summed E-state index contributed by atoms with van der Waals surface area (Å²) < 4.78 is 0. The van der Waals surface area contributed by atoms with E-state index in [0.29, 0.717) is 12.2 Å². The summed E-state index contributed by atoms with van der Waals surface area (Å²) in [5.74, 6) is 0. The van der Waals surface area contributed by atoms with Gasteiger partial charge in [0.2, 0.25) is 0 Å². The van der Waals surface area contributed by atoms with Crippen LogP contribution in [0.15, 0.2) is 29.1 Å². The first-order valence-electron chi connectivity index (χ1n) is 7.00. The second-order valence-corrected chi connectivity index (χ2v) is 5.94. The third-order valence-electron chi connectivity index (χ3n) is 3.98. The monoisotopic (exact) mass is 272 g/mol. The van der Waals surface area contributed by atoms with Crippen molar-refractivity contribution >= 4 is 11.0 Å². The number of aromatic amines is 1. The molecule has 5 heteroatoms. The van der Waals surface area contributed by atoms with Crippen molar-refractivity contribution in [2.24, 2.45) is 0 Å². The Kier molecular flexibility index (Phi) is 3.31. The van der Waals surface area contributed by atoms with Crippen molar-refractivity contribution in [1.29, 1.82) is 0 Å². The smallest absolute Gasteiger partial charge is 0.271 e. The summed E-state index contributed by atoms with van der Waals surface area (Å²) in [6.07, 6.45) is 0. The van der Waals surface area contributed by atoms with Gasteiger partial charge in [-0.05, 0) is 26.0 Å². The Morgan fingerprint density at radius 2 is 2.15 bits per heavy atom. The van der Waals surface area contributed by atoms with Crippen molar-refractivity contribution in [2.45, 2.75) is 25.9 Å². The molecule has 20 heavy (non-hydrogen) atoms. The van der Waals surface area contributed by atoms with Crippen LogP contribution in [0.4, 0.5) is 0 Å². The van der Waals surface area contributed by atoms with E-state index in [1.807, 2.05) is 24.3 Å². The van der Waals surface area contributed by atoms with Gasteiger partial charge in [0, 0.05) is 31.7 Å². The Morgan fingerprint density at radius 1 is 1.35 bits per heavy atom. The second-order valence-electron chi connectivity index (χ2n) is 5.94. The lowest BCUT2D eigenvalue weighted by Gasteiger charge is -2.42. The van der Waals surface area contributed by atoms with Crippen LogP contribution < -0.4 is 10.9 Å². The van der Waals surface area contributed by atoms with Crippen molar-refractivity contribution in [3.8, 4) is 0 Å². The summed E-state index contributed by atoms with van der Waals surface area (Å²) >= 11 is 0. The van der Waals surface area contributed by atoms with Gasteiger partial charge in [0.15, 0.2) is 0 Å². The molecule has 1 fully saturated rings. The van der Waals surface area contributed by atoms with Gasteiger partial charge in [-0.1, -0.05) is 12.1 Å². The van der Waals surface area contributed by atoms with Gasteiger partial charge in [-0.2, -0.15) is 0 Å². The lowest BCUT2D eigenvalue weighted by Crippen LogP contribution is -2.57. The topological polar surface area (TPSA) is 61.0 Å². The van der Waals surface area contributed by atoms with Gasteiger partial charge >= 0.3 is 0 Å². The Bertz CT molecular complexity index is 677. The number of rotatable bonds is 2. The maximum atomic E-state index is 12.2. The Hall–Kier alpha value is -1.72. The molecule has 0 atom stereocenters. The zero-order valence-electron chi connectivity index (χ0n) is 11.9. The average molecular weight is 272 g/mol. The molecule has 0 amide bonds. The van der Waals surface area contributed by atoms with Crippen molar-refractivity contribution in [3.63, 3.8) is 0 Å². The van der Waals surface area contributed by atoms with Crippen LogP contribution in [0.3, 0.4) is 0 Å². The molecule has 2 heterocycles. The first-order chi connectivity index (χ1) is 9.56. The van der Waals surface area contributed by atoms with Crippen LogP contribution in [-0.2, 0) is 6.54 Å². The number of hydrogen-bond acceptors (Lipinski definition) is 4. The molecular formula is C15H20N4O. The predicted octanol–water partition coefficient (Wildman–Crippen LogP) is 1.11. The molecule has 2 aromatic rings. The van der Waals surface area contributed by atoms with Gasteiger partial charge in [0.05, 0.1) is 11.0 Å². The number of piperazine rings is 1. The molecule has 1 saturated heterocycles. The number of aromatic nitrogens is 2. The number of para-hydroxylation sites is 2. The van der Waals surface area contributed by atoms with Gasteiger partial charge in [0.25, 0.3) is 5.56 Å². The van der Waals surface area contributed by atoms with Crippen molar-refractivity contribution < 1.29 is 0 Å². The molecule has 1 aliphatic rings. The van der Waals surface area contributed by atoms with Gasteiger partial charge in [-0.15, -0.1) is 0 Å². The van der Waals surface area contributed by atoms with E-state index in [1.165, 1.54) is 0 Å². The van der Waals surface area contributed by atoms with E-state index in [2.05, 4.69) is 34.0 Å². The zero-order chi connectivity index (χ0) is 14.2. The minimum absolute atomic E-state index is 0.0397.